The Bertz CT molecular complexity index is 1260. The van der Waals surface area contributed by atoms with Gasteiger partial charge in [-0.3, -0.25) is 13.9 Å². The zero-order chi connectivity index (χ0) is 26.2. The van der Waals surface area contributed by atoms with Gasteiger partial charge in [-0.1, -0.05) is 30.3 Å². The predicted octanol–water partition coefficient (Wildman–Crippen LogP) is -0.974. The number of nitrogens with two attached hydrogens (primary N) is 1. The summed E-state index contributed by atoms with van der Waals surface area (Å²) < 4.78 is 86.7. The molecule has 35 heavy (non-hydrogen) atoms. The van der Waals surface area contributed by atoms with Crippen molar-refractivity contribution in [2.75, 3.05) is 6.61 Å². The number of primary amides is 1. The van der Waals surface area contributed by atoms with Crippen LogP contribution < -0.4 is 5.73 Å². The molecule has 0 aromatic heterocycles. The molecule has 0 radical (unpaired) electrons. The number of amides is 1. The highest BCUT2D eigenvalue weighted by atomic mass is 32.3. The molecule has 2 heterocycles. The molecule has 18 heteroatoms. The molecule has 16 nitrogen and oxygen atoms in total. The third kappa shape index (κ3) is 6.38. The molecule has 2 aliphatic rings. The minimum atomic E-state index is -5.31. The van der Waals surface area contributed by atoms with Crippen LogP contribution in [0, 0.1) is 0 Å². The van der Waals surface area contributed by atoms with E-state index < -0.39 is 87.1 Å². The maximum atomic E-state index is 11.6. The molecule has 1 aromatic rings. The van der Waals surface area contributed by atoms with Crippen LogP contribution in [0.5, 0.6) is 0 Å². The molecule has 1 aromatic carbocycles. The lowest BCUT2D eigenvalue weighted by atomic mass is 10.1. The summed E-state index contributed by atoms with van der Waals surface area (Å²) >= 11 is 0. The fourth-order valence-corrected chi connectivity index (χ4v) is 3.84. The summed E-state index contributed by atoms with van der Waals surface area (Å²) in [5, 5.41) is 31.0. The number of aliphatic hydroxyl groups is 3. The zero-order valence-corrected chi connectivity index (χ0v) is 18.9. The fraction of sp³-hybridized carbons (Fsp3) is 0.353. The maximum absolute atomic E-state index is 11.6. The Hall–Kier alpha value is -2.97. The number of ether oxygens (including phenoxy) is 3. The highest BCUT2D eigenvalue weighted by molar-refractivity contribution is 7.81. The van der Waals surface area contributed by atoms with E-state index in [1.165, 1.54) is 24.3 Å². The number of hydrogen-bond donors (Lipinski definition) is 6. The molecule has 2 aliphatic heterocycles. The van der Waals surface area contributed by atoms with Crippen LogP contribution in [0.1, 0.15) is 12.0 Å². The van der Waals surface area contributed by atoms with Crippen molar-refractivity contribution in [3.63, 3.8) is 0 Å². The van der Waals surface area contributed by atoms with Crippen LogP contribution in [0.2, 0.25) is 0 Å². The van der Waals surface area contributed by atoms with Gasteiger partial charge in [-0.05, 0) is 0 Å². The molecule has 4 unspecified atom stereocenters. The van der Waals surface area contributed by atoms with Crippen molar-refractivity contribution in [1.82, 2.24) is 0 Å². The first-order chi connectivity index (χ1) is 16.1. The Kier molecular flexibility index (Phi) is 7.29. The average molecular weight is 541 g/mol. The van der Waals surface area contributed by atoms with Gasteiger partial charge in [0.2, 0.25) is 23.1 Å². The number of hydrogen-bond acceptors (Lipinski definition) is 13. The van der Waals surface area contributed by atoms with Crippen molar-refractivity contribution in [2.45, 2.75) is 30.7 Å². The molecule has 1 fully saturated rings. The second kappa shape index (κ2) is 9.59. The van der Waals surface area contributed by atoms with Gasteiger partial charge in [0.15, 0.2) is 5.76 Å². The molecular weight excluding hydrogens is 522 g/mol. The SMILES string of the molecule is NC(=O)C1(O)CC(OC2OC(c3ccccc3)=C(O)C(O)=C2OS(=O)(=O)O)C(COS(=O)(=O)O)O1. The lowest BCUT2D eigenvalue weighted by Gasteiger charge is -2.30. The van der Waals surface area contributed by atoms with Crippen LogP contribution in [0.15, 0.2) is 47.6 Å². The Morgan fingerprint density at radius 3 is 2.26 bits per heavy atom. The minimum Gasteiger partial charge on any atom is -0.502 e. The number of carbonyl (C=O) groups is 1. The highest BCUT2D eigenvalue weighted by Crippen LogP contribution is 2.38. The molecule has 0 aliphatic carbocycles. The van der Waals surface area contributed by atoms with Gasteiger partial charge in [0.25, 0.3) is 12.2 Å². The highest BCUT2D eigenvalue weighted by Gasteiger charge is 2.52. The minimum absolute atomic E-state index is 0.165. The van der Waals surface area contributed by atoms with Gasteiger partial charge in [-0.25, -0.2) is 4.18 Å². The second-order valence-corrected chi connectivity index (χ2v) is 9.23. The van der Waals surface area contributed by atoms with E-state index in [4.69, 9.17) is 29.0 Å². The van der Waals surface area contributed by atoms with Crippen molar-refractivity contribution >= 4 is 32.5 Å². The van der Waals surface area contributed by atoms with Gasteiger partial charge >= 0.3 is 20.8 Å². The lowest BCUT2D eigenvalue weighted by Crippen LogP contribution is -2.44. The summed E-state index contributed by atoms with van der Waals surface area (Å²) in [5.41, 5.74) is 5.25. The van der Waals surface area contributed by atoms with E-state index in [-0.39, 0.29) is 5.56 Å². The van der Waals surface area contributed by atoms with Crippen LogP contribution in [-0.2, 0) is 48.2 Å². The number of rotatable bonds is 9. The molecular formula is C17H19NO15S2. The molecule has 0 bridgehead atoms. The molecule has 4 atom stereocenters. The van der Waals surface area contributed by atoms with E-state index in [1.807, 2.05) is 0 Å². The Labute approximate surface area is 197 Å². The number of benzene rings is 1. The van der Waals surface area contributed by atoms with Gasteiger partial charge in [0.1, 0.15) is 6.10 Å². The summed E-state index contributed by atoms with van der Waals surface area (Å²) in [5.74, 6) is -7.98. The Balaban J connectivity index is 1.99. The first-order valence-electron chi connectivity index (χ1n) is 9.33. The fourth-order valence-electron chi connectivity index (χ4n) is 3.15. The van der Waals surface area contributed by atoms with Crippen LogP contribution in [-0.4, -0.2) is 78.1 Å². The van der Waals surface area contributed by atoms with E-state index in [0.29, 0.717) is 0 Å². The zero-order valence-electron chi connectivity index (χ0n) is 17.2. The third-order valence-corrected chi connectivity index (χ3v) is 5.47. The summed E-state index contributed by atoms with van der Waals surface area (Å²) in [6.45, 7) is -1.03. The first-order valence-corrected chi connectivity index (χ1v) is 12.1. The van der Waals surface area contributed by atoms with Crippen molar-refractivity contribution in [3.05, 3.63) is 53.2 Å². The van der Waals surface area contributed by atoms with Gasteiger partial charge < -0.3 is 39.4 Å². The van der Waals surface area contributed by atoms with Gasteiger partial charge in [-0.15, -0.1) is 0 Å². The Morgan fingerprint density at radius 1 is 1.09 bits per heavy atom. The van der Waals surface area contributed by atoms with E-state index >= 15 is 0 Å². The lowest BCUT2D eigenvalue weighted by molar-refractivity contribution is -0.202. The summed E-state index contributed by atoms with van der Waals surface area (Å²) in [6, 6.07) is 7.52. The van der Waals surface area contributed by atoms with Gasteiger partial charge in [0, 0.05) is 12.0 Å². The topological polar surface area (TPSA) is 259 Å². The number of aliphatic hydroxyl groups excluding tert-OH is 2. The molecule has 7 N–H and O–H groups in total. The van der Waals surface area contributed by atoms with Crippen LogP contribution in [0.4, 0.5) is 0 Å². The molecule has 3 rings (SSSR count). The molecule has 194 valence electrons. The first kappa shape index (κ1) is 26.6. The second-order valence-electron chi connectivity index (χ2n) is 7.11. The summed E-state index contributed by atoms with van der Waals surface area (Å²) in [6.07, 6.45) is -6.13. The maximum Gasteiger partial charge on any atom is 0.446 e. The summed E-state index contributed by atoms with van der Waals surface area (Å²) in [7, 11) is -10.3. The van der Waals surface area contributed by atoms with Crippen molar-refractivity contribution in [2.24, 2.45) is 5.73 Å². The van der Waals surface area contributed by atoms with E-state index in [1.54, 1.807) is 6.07 Å². The Morgan fingerprint density at radius 2 is 1.71 bits per heavy atom. The smallest absolute Gasteiger partial charge is 0.446 e. The van der Waals surface area contributed by atoms with E-state index in [2.05, 4.69) is 8.37 Å². The standard InChI is InChI=1S/C17H19NO15S2/c18-16(21)17(22)6-9(10(32-17)7-29-34(23,24)25)30-15-14(33-35(26,27)28)12(20)11(19)13(31-15)8-4-2-1-3-5-8/h1-5,9-10,15,19-20,22H,6-7H2,(H2,18,21)(H,23,24,25)(H,26,27,28). The third-order valence-electron chi connectivity index (χ3n) is 4.65. The van der Waals surface area contributed by atoms with Crippen LogP contribution in [0.3, 0.4) is 0 Å². The van der Waals surface area contributed by atoms with E-state index in [9.17, 15) is 36.9 Å². The molecule has 0 spiro atoms. The molecule has 0 saturated carbocycles. The number of carbonyl (C=O) groups excluding carboxylic acids is 1. The summed E-state index contributed by atoms with van der Waals surface area (Å²) in [4.78, 5) is 11.6. The predicted molar refractivity (Wildman–Crippen MR) is 109 cm³/mol. The normalized spacial score (nSPS) is 27.6. The van der Waals surface area contributed by atoms with E-state index in [0.717, 1.165) is 0 Å². The van der Waals surface area contributed by atoms with Crippen LogP contribution >= 0.6 is 0 Å². The van der Waals surface area contributed by atoms with Crippen molar-refractivity contribution in [3.8, 4) is 0 Å². The molecule has 1 amide bonds. The van der Waals surface area contributed by atoms with Crippen molar-refractivity contribution in [1.29, 1.82) is 0 Å². The van der Waals surface area contributed by atoms with Crippen LogP contribution in [0.25, 0.3) is 5.76 Å². The van der Waals surface area contributed by atoms with Crippen molar-refractivity contribution < 1.29 is 68.6 Å². The average Bonchev–Trinajstić information content (AvgIpc) is 3.08. The van der Waals surface area contributed by atoms with Gasteiger partial charge in [-0.2, -0.15) is 16.8 Å². The largest absolute Gasteiger partial charge is 0.502 e. The quantitative estimate of drug-likeness (QED) is 0.205. The monoisotopic (exact) mass is 541 g/mol. The van der Waals surface area contributed by atoms with Gasteiger partial charge in [0.05, 0.1) is 12.7 Å². The molecule has 1 saturated heterocycles.